The Morgan fingerprint density at radius 1 is 1.60 bits per heavy atom. The first-order valence-corrected chi connectivity index (χ1v) is 3.92. The maximum atomic E-state index is 9.89. The molecule has 0 bridgehead atoms. The van der Waals surface area contributed by atoms with Gasteiger partial charge in [0, 0.05) is 11.7 Å². The molecule has 0 aliphatic heterocycles. The molecule has 0 saturated heterocycles. The van der Waals surface area contributed by atoms with Crippen molar-refractivity contribution >= 4 is 16.4 Å². The predicted molar refractivity (Wildman–Crippen MR) is 29.8 cm³/mol. The monoisotopic (exact) mass is 174 g/mol. The summed E-state index contributed by atoms with van der Waals surface area (Å²) in [5, 5.41) is 0. The first-order chi connectivity index (χ1) is 3.95. The van der Waals surface area contributed by atoms with E-state index in [9.17, 15) is 17.8 Å². The molecular weight excluding hydrogens is 167 g/mol. The van der Waals surface area contributed by atoms with Crippen molar-refractivity contribution in [2.45, 2.75) is 6.92 Å². The first-order valence-electron chi connectivity index (χ1n) is 2.34. The van der Waals surface area contributed by atoms with Gasteiger partial charge < -0.3 is 9.35 Å². The van der Waals surface area contributed by atoms with E-state index in [1.165, 1.54) is 6.92 Å². The average Bonchev–Trinajstić information content (AvgIpc) is 1.62. The quantitative estimate of drug-likeness (QED) is 0.251. The van der Waals surface area contributed by atoms with E-state index in [1.807, 2.05) is 0 Å². The van der Waals surface area contributed by atoms with Crippen LogP contribution in [0.3, 0.4) is 0 Å². The molecule has 0 aliphatic carbocycles. The van der Waals surface area contributed by atoms with Crippen LogP contribution < -0.4 is 29.6 Å². The van der Waals surface area contributed by atoms with Crippen molar-refractivity contribution in [1.82, 2.24) is 0 Å². The zero-order chi connectivity index (χ0) is 7.49. The molecule has 1 atom stereocenters. The van der Waals surface area contributed by atoms with Gasteiger partial charge in [0.05, 0.1) is 10.1 Å². The van der Waals surface area contributed by atoms with Crippen molar-refractivity contribution in [3.63, 3.8) is 0 Å². The fraction of sp³-hybridized carbons (Fsp3) is 0.750. The number of hydrogen-bond acceptors (Lipinski definition) is 4. The maximum Gasteiger partial charge on any atom is 1.00 e. The molecule has 1 unspecified atom stereocenters. The summed E-state index contributed by atoms with van der Waals surface area (Å²) in [4.78, 5) is 9.78. The normalized spacial score (nSPS) is 13.4. The van der Waals surface area contributed by atoms with Gasteiger partial charge in [-0.2, -0.15) is 0 Å². The molecule has 54 valence electrons. The molecule has 4 nitrogen and oxygen atoms in total. The molecule has 0 aromatic carbocycles. The van der Waals surface area contributed by atoms with Crippen LogP contribution in [0.1, 0.15) is 6.92 Å². The van der Waals surface area contributed by atoms with Crippen molar-refractivity contribution in [2.24, 2.45) is 5.92 Å². The van der Waals surface area contributed by atoms with E-state index in [2.05, 4.69) is 0 Å². The van der Waals surface area contributed by atoms with Crippen LogP contribution in [-0.4, -0.2) is 25.0 Å². The van der Waals surface area contributed by atoms with Gasteiger partial charge in [-0.1, -0.05) is 6.92 Å². The second-order valence-electron chi connectivity index (χ2n) is 1.84. The van der Waals surface area contributed by atoms with Crippen LogP contribution in [0.5, 0.6) is 0 Å². The van der Waals surface area contributed by atoms with Crippen molar-refractivity contribution in [1.29, 1.82) is 0 Å². The minimum atomic E-state index is -4.22. The van der Waals surface area contributed by atoms with E-state index in [4.69, 9.17) is 0 Å². The zero-order valence-electron chi connectivity index (χ0n) is 5.90. The molecule has 0 aromatic rings. The van der Waals surface area contributed by atoms with E-state index in [0.717, 1.165) is 0 Å². The number of hydrogen-bond donors (Lipinski definition) is 0. The van der Waals surface area contributed by atoms with E-state index in [1.54, 1.807) is 0 Å². The predicted octanol–water partition coefficient (Wildman–Crippen LogP) is -3.63. The molecule has 0 spiro atoms. The summed E-state index contributed by atoms with van der Waals surface area (Å²) < 4.78 is 29.7. The number of carbonyl (C=O) groups excluding carboxylic acids is 1. The molecule has 0 heterocycles. The smallest absolute Gasteiger partial charge is 0.748 e. The molecule has 0 amide bonds. The Morgan fingerprint density at radius 3 is 2.10 bits per heavy atom. The molecule has 0 radical (unpaired) electrons. The Kier molecular flexibility index (Phi) is 6.94. The van der Waals surface area contributed by atoms with Gasteiger partial charge in [-0.15, -0.1) is 0 Å². The van der Waals surface area contributed by atoms with E-state index >= 15 is 0 Å². The van der Waals surface area contributed by atoms with Crippen LogP contribution in [0.2, 0.25) is 0 Å². The summed E-state index contributed by atoms with van der Waals surface area (Å²) in [6.45, 7) is 1.38. The summed E-state index contributed by atoms with van der Waals surface area (Å²) in [7, 11) is -4.22. The molecule has 0 aromatic heterocycles. The minimum absolute atomic E-state index is 0. The topological polar surface area (TPSA) is 74.3 Å². The van der Waals surface area contributed by atoms with Crippen LogP contribution >= 0.6 is 0 Å². The Balaban J connectivity index is 0. The third-order valence-corrected chi connectivity index (χ3v) is 1.63. The van der Waals surface area contributed by atoms with Gasteiger partial charge in [0.1, 0.15) is 6.29 Å². The molecular formula is C4H7NaO4S. The van der Waals surface area contributed by atoms with Gasteiger partial charge in [-0.05, 0) is 0 Å². The summed E-state index contributed by atoms with van der Waals surface area (Å²) in [5.41, 5.74) is 0. The summed E-state index contributed by atoms with van der Waals surface area (Å²) in [5.74, 6) is -1.29. The molecule has 0 N–H and O–H groups in total. The van der Waals surface area contributed by atoms with Gasteiger partial charge in [-0.25, -0.2) is 8.42 Å². The van der Waals surface area contributed by atoms with Crippen LogP contribution in [0.25, 0.3) is 0 Å². The van der Waals surface area contributed by atoms with Crippen molar-refractivity contribution in [3.8, 4) is 0 Å². The van der Waals surface area contributed by atoms with Crippen LogP contribution in [0.4, 0.5) is 0 Å². The summed E-state index contributed by atoms with van der Waals surface area (Å²) >= 11 is 0. The molecule has 10 heavy (non-hydrogen) atoms. The van der Waals surface area contributed by atoms with Crippen molar-refractivity contribution < 1.29 is 47.3 Å². The fourth-order valence-corrected chi connectivity index (χ4v) is 1.08. The standard InChI is InChI=1S/C4H8O4S.Na/c1-4(2-5)3-9(6,7)8;/h2,4H,3H2,1H3,(H,6,7,8);/q;+1/p-1. The van der Waals surface area contributed by atoms with Gasteiger partial charge in [0.2, 0.25) is 0 Å². The third kappa shape index (κ3) is 8.58. The van der Waals surface area contributed by atoms with Gasteiger partial charge >= 0.3 is 29.6 Å². The summed E-state index contributed by atoms with van der Waals surface area (Å²) in [6.07, 6.45) is 0.440. The maximum absolute atomic E-state index is 9.89. The second kappa shape index (κ2) is 5.26. The molecule has 0 aliphatic rings. The third-order valence-electron chi connectivity index (χ3n) is 0.699. The van der Waals surface area contributed by atoms with Gasteiger partial charge in [0.25, 0.3) is 0 Å². The Hall–Kier alpha value is 0.580. The van der Waals surface area contributed by atoms with Gasteiger partial charge in [0.15, 0.2) is 0 Å². The number of aldehydes is 1. The van der Waals surface area contributed by atoms with E-state index in [-0.39, 0.29) is 29.6 Å². The Morgan fingerprint density at radius 2 is 2.00 bits per heavy atom. The van der Waals surface area contributed by atoms with Crippen molar-refractivity contribution in [3.05, 3.63) is 0 Å². The average molecular weight is 174 g/mol. The molecule has 0 saturated carbocycles. The van der Waals surface area contributed by atoms with Crippen molar-refractivity contribution in [2.75, 3.05) is 5.75 Å². The first kappa shape index (κ1) is 13.2. The van der Waals surface area contributed by atoms with E-state index in [0.29, 0.717) is 6.29 Å². The number of carbonyl (C=O) groups is 1. The molecule has 0 rings (SSSR count). The second-order valence-corrected chi connectivity index (χ2v) is 3.29. The minimum Gasteiger partial charge on any atom is -0.748 e. The summed E-state index contributed by atoms with van der Waals surface area (Å²) in [6, 6.07) is 0. The molecule has 0 fully saturated rings. The van der Waals surface area contributed by atoms with E-state index < -0.39 is 21.8 Å². The van der Waals surface area contributed by atoms with Crippen LogP contribution in [-0.2, 0) is 14.9 Å². The largest absolute Gasteiger partial charge is 1.00 e. The van der Waals surface area contributed by atoms with Crippen LogP contribution in [0, 0.1) is 5.92 Å². The van der Waals surface area contributed by atoms with Crippen LogP contribution in [0.15, 0.2) is 0 Å². The Labute approximate surface area is 82.0 Å². The zero-order valence-corrected chi connectivity index (χ0v) is 8.72. The number of rotatable bonds is 3. The molecule has 6 heteroatoms. The Bertz CT molecular complexity index is 185. The fourth-order valence-electron chi connectivity index (χ4n) is 0.361. The van der Waals surface area contributed by atoms with Gasteiger partial charge in [-0.3, -0.25) is 0 Å². The SMILES string of the molecule is CC(C=O)CS(=O)(=O)[O-].[Na+].